The molecule has 9 heteroatoms. The number of sulfone groups is 1. The van der Waals surface area contributed by atoms with E-state index in [-0.39, 0.29) is 29.0 Å². The van der Waals surface area contributed by atoms with E-state index in [2.05, 4.69) is 10.2 Å². The predicted octanol–water partition coefficient (Wildman–Crippen LogP) is 2.42. The van der Waals surface area contributed by atoms with Crippen molar-refractivity contribution in [2.24, 2.45) is 13.0 Å². The number of rotatable bonds is 6. The molecule has 1 fully saturated rings. The van der Waals surface area contributed by atoms with Crippen molar-refractivity contribution in [1.82, 2.24) is 14.8 Å². The maximum atomic E-state index is 12.2. The molecule has 6 nitrogen and oxygen atoms in total. The second-order valence-corrected chi connectivity index (χ2v) is 9.76. The lowest BCUT2D eigenvalue weighted by Crippen LogP contribution is -2.11. The number of carbonyl (C=O) groups excluding carboxylic acids is 1. The van der Waals surface area contributed by atoms with Crippen LogP contribution in [0.25, 0.3) is 0 Å². The lowest BCUT2D eigenvalue weighted by atomic mass is 10.1. The Morgan fingerprint density at radius 2 is 2.20 bits per heavy atom. The topological polar surface area (TPSA) is 81.9 Å². The summed E-state index contributed by atoms with van der Waals surface area (Å²) < 4.78 is 25.0. The first kappa shape index (κ1) is 18.4. The normalized spacial score (nSPS) is 19.2. The molecule has 2 aromatic rings. The number of ketones is 1. The molecular weight excluding hydrogens is 382 g/mol. The molecule has 0 unspecified atom stereocenters. The Morgan fingerprint density at radius 1 is 1.40 bits per heavy atom. The number of aromatic nitrogens is 3. The number of Topliss-reactive ketones (excluding diaryl/α,β-unsaturated/α-hetero) is 1. The number of hydrogen-bond donors (Lipinski definition) is 0. The quantitative estimate of drug-likeness (QED) is 0.548. The van der Waals surface area contributed by atoms with Crippen molar-refractivity contribution in [1.29, 1.82) is 0 Å². The third-order valence-corrected chi connectivity index (χ3v) is 7.29. The SMILES string of the molecule is Cn1c(C[C@H]2CCS(=O)(=O)C2)nnc1SCC(=O)c1cccc(Cl)c1. The van der Waals surface area contributed by atoms with Crippen molar-refractivity contribution in [3.05, 3.63) is 40.7 Å². The van der Waals surface area contributed by atoms with E-state index in [0.29, 0.717) is 28.6 Å². The minimum absolute atomic E-state index is 0.0288. The van der Waals surface area contributed by atoms with Crippen LogP contribution in [0.2, 0.25) is 5.02 Å². The Morgan fingerprint density at radius 3 is 2.88 bits per heavy atom. The molecule has 1 aromatic carbocycles. The average Bonchev–Trinajstić information content (AvgIpc) is 3.08. The summed E-state index contributed by atoms with van der Waals surface area (Å²) in [5.74, 6) is 1.53. The molecule has 0 aliphatic carbocycles. The molecule has 0 spiro atoms. The Kier molecular flexibility index (Phi) is 5.50. The van der Waals surface area contributed by atoms with E-state index in [0.717, 1.165) is 5.82 Å². The summed E-state index contributed by atoms with van der Waals surface area (Å²) in [5.41, 5.74) is 0.568. The van der Waals surface area contributed by atoms with Gasteiger partial charge in [0.25, 0.3) is 0 Å². The lowest BCUT2D eigenvalue weighted by molar-refractivity contribution is 0.102. The fraction of sp³-hybridized carbons (Fsp3) is 0.438. The number of hydrogen-bond acceptors (Lipinski definition) is 6. The van der Waals surface area contributed by atoms with Gasteiger partial charge >= 0.3 is 0 Å². The molecule has 1 saturated heterocycles. The summed E-state index contributed by atoms with van der Waals surface area (Å²) in [6.07, 6.45) is 1.26. The maximum absolute atomic E-state index is 12.2. The second-order valence-electron chi connectivity index (χ2n) is 6.15. The van der Waals surface area contributed by atoms with Crippen LogP contribution in [0.3, 0.4) is 0 Å². The predicted molar refractivity (Wildman–Crippen MR) is 98.0 cm³/mol. The van der Waals surface area contributed by atoms with Crippen LogP contribution in [0.5, 0.6) is 0 Å². The van der Waals surface area contributed by atoms with Crippen molar-refractivity contribution in [3.8, 4) is 0 Å². The van der Waals surface area contributed by atoms with Gasteiger partial charge in [0.15, 0.2) is 20.8 Å². The minimum Gasteiger partial charge on any atom is -0.309 e. The van der Waals surface area contributed by atoms with Crippen molar-refractivity contribution < 1.29 is 13.2 Å². The lowest BCUT2D eigenvalue weighted by Gasteiger charge is -2.07. The van der Waals surface area contributed by atoms with E-state index in [1.54, 1.807) is 24.3 Å². The van der Waals surface area contributed by atoms with Gasteiger partial charge in [0.2, 0.25) is 0 Å². The van der Waals surface area contributed by atoms with Gasteiger partial charge in [-0.3, -0.25) is 4.79 Å². The van der Waals surface area contributed by atoms with Gasteiger partial charge in [-0.15, -0.1) is 10.2 Å². The van der Waals surface area contributed by atoms with Gasteiger partial charge in [-0.25, -0.2) is 8.42 Å². The molecule has 25 heavy (non-hydrogen) atoms. The van der Waals surface area contributed by atoms with Gasteiger partial charge < -0.3 is 4.57 Å². The highest BCUT2D eigenvalue weighted by Crippen LogP contribution is 2.24. The summed E-state index contributed by atoms with van der Waals surface area (Å²) in [6, 6.07) is 6.85. The van der Waals surface area contributed by atoms with Crippen LogP contribution in [-0.4, -0.2) is 46.2 Å². The molecule has 1 aliphatic rings. The molecule has 3 rings (SSSR count). The van der Waals surface area contributed by atoms with Gasteiger partial charge in [0.1, 0.15) is 5.82 Å². The Hall–Kier alpha value is -1.38. The van der Waals surface area contributed by atoms with Gasteiger partial charge in [-0.2, -0.15) is 0 Å². The van der Waals surface area contributed by atoms with Gasteiger partial charge in [0.05, 0.1) is 17.3 Å². The largest absolute Gasteiger partial charge is 0.309 e. The van der Waals surface area contributed by atoms with Crippen LogP contribution < -0.4 is 0 Å². The zero-order valence-electron chi connectivity index (χ0n) is 13.7. The van der Waals surface area contributed by atoms with E-state index >= 15 is 0 Å². The van der Waals surface area contributed by atoms with Crippen LogP contribution in [0.15, 0.2) is 29.4 Å². The van der Waals surface area contributed by atoms with Gasteiger partial charge in [0, 0.05) is 24.1 Å². The molecule has 1 aromatic heterocycles. The number of thioether (sulfide) groups is 1. The van der Waals surface area contributed by atoms with E-state index in [4.69, 9.17) is 11.6 Å². The smallest absolute Gasteiger partial charge is 0.191 e. The van der Waals surface area contributed by atoms with Crippen molar-refractivity contribution in [3.63, 3.8) is 0 Å². The fourth-order valence-corrected chi connectivity index (χ4v) is 5.69. The summed E-state index contributed by atoms with van der Waals surface area (Å²) in [7, 11) is -1.06. The number of carbonyl (C=O) groups is 1. The minimum atomic E-state index is -2.90. The summed E-state index contributed by atoms with van der Waals surface area (Å²) in [6.45, 7) is 0. The molecule has 1 aliphatic heterocycles. The average molecular weight is 400 g/mol. The van der Waals surface area contributed by atoms with Crippen LogP contribution in [0.1, 0.15) is 22.6 Å². The Bertz CT molecular complexity index is 896. The van der Waals surface area contributed by atoms with E-state index in [9.17, 15) is 13.2 Å². The zero-order chi connectivity index (χ0) is 18.0. The first-order valence-electron chi connectivity index (χ1n) is 7.84. The van der Waals surface area contributed by atoms with E-state index in [1.165, 1.54) is 11.8 Å². The number of benzene rings is 1. The van der Waals surface area contributed by atoms with E-state index in [1.807, 2.05) is 11.6 Å². The first-order chi connectivity index (χ1) is 11.8. The maximum Gasteiger partial charge on any atom is 0.191 e. The van der Waals surface area contributed by atoms with Crippen molar-refractivity contribution in [2.75, 3.05) is 17.3 Å². The third kappa shape index (κ3) is 4.62. The summed E-state index contributed by atoms with van der Waals surface area (Å²) in [5, 5.41) is 9.46. The molecule has 134 valence electrons. The summed E-state index contributed by atoms with van der Waals surface area (Å²) >= 11 is 7.22. The third-order valence-electron chi connectivity index (χ3n) is 4.20. The Balaban J connectivity index is 1.61. The van der Waals surface area contributed by atoms with Crippen LogP contribution >= 0.6 is 23.4 Å². The fourth-order valence-electron chi connectivity index (χ4n) is 2.82. The van der Waals surface area contributed by atoms with Crippen LogP contribution in [-0.2, 0) is 23.3 Å². The molecule has 0 radical (unpaired) electrons. The molecule has 2 heterocycles. The standard InChI is InChI=1S/C16H18ClN3O3S2/c1-20-15(7-11-5-6-25(22,23)10-11)18-19-16(20)24-9-14(21)12-3-2-4-13(17)8-12/h2-4,8,11H,5-7,9-10H2,1H3/t11-/m1/s1. The number of nitrogens with zero attached hydrogens (tertiary/aromatic N) is 3. The van der Waals surface area contributed by atoms with Crippen molar-refractivity contribution in [2.45, 2.75) is 18.0 Å². The molecule has 0 amide bonds. The highest BCUT2D eigenvalue weighted by atomic mass is 35.5. The summed E-state index contributed by atoms with van der Waals surface area (Å²) in [4.78, 5) is 12.2. The van der Waals surface area contributed by atoms with Crippen LogP contribution in [0, 0.1) is 5.92 Å². The molecular formula is C16H18ClN3O3S2. The highest BCUT2D eigenvalue weighted by Gasteiger charge is 2.29. The first-order valence-corrected chi connectivity index (χ1v) is 11.0. The highest BCUT2D eigenvalue weighted by molar-refractivity contribution is 7.99. The number of halogens is 1. The van der Waals surface area contributed by atoms with Crippen molar-refractivity contribution >= 4 is 39.0 Å². The molecule has 1 atom stereocenters. The monoisotopic (exact) mass is 399 g/mol. The molecule has 0 N–H and O–H groups in total. The van der Waals surface area contributed by atoms with Crippen LogP contribution in [0.4, 0.5) is 0 Å². The Labute approximate surface area is 155 Å². The zero-order valence-corrected chi connectivity index (χ0v) is 16.1. The molecule has 0 saturated carbocycles. The van der Waals surface area contributed by atoms with Gasteiger partial charge in [-0.05, 0) is 24.5 Å². The van der Waals surface area contributed by atoms with E-state index < -0.39 is 9.84 Å². The second kappa shape index (κ2) is 7.47. The van der Waals surface area contributed by atoms with Gasteiger partial charge in [-0.1, -0.05) is 35.5 Å². The molecule has 0 bridgehead atoms.